The summed E-state index contributed by atoms with van der Waals surface area (Å²) in [5, 5.41) is 0. The fraction of sp³-hybridized carbons (Fsp3) is 0.833. The van der Waals surface area contributed by atoms with E-state index in [1.807, 2.05) is 0 Å². The molecule has 0 saturated heterocycles. The van der Waals surface area contributed by atoms with E-state index in [1.54, 1.807) is 0 Å². The van der Waals surface area contributed by atoms with Gasteiger partial charge in [-0.1, -0.05) is 96.6 Å². The molecule has 0 heterocycles. The fourth-order valence-electron chi connectivity index (χ4n) is 2.26. The molecule has 18 heavy (non-hydrogen) atoms. The summed E-state index contributed by atoms with van der Waals surface area (Å²) in [6.45, 7) is 6.12. The van der Waals surface area contributed by atoms with Crippen LogP contribution in [0.5, 0.6) is 0 Å². The van der Waals surface area contributed by atoms with E-state index in [9.17, 15) is 0 Å². The quantitative estimate of drug-likeness (QED) is 0.234. The second-order valence-corrected chi connectivity index (χ2v) is 5.44. The van der Waals surface area contributed by atoms with Crippen molar-refractivity contribution in [1.82, 2.24) is 0 Å². The molecule has 0 rings (SSSR count). The lowest BCUT2D eigenvalue weighted by Gasteiger charge is -2.01. The molecule has 0 aromatic carbocycles. The molecule has 0 heteroatoms. The Hall–Kier alpha value is -0.260. The molecule has 0 N–H and O–H groups in total. The van der Waals surface area contributed by atoms with Crippen molar-refractivity contribution in [2.45, 2.75) is 96.8 Å². The van der Waals surface area contributed by atoms with Crippen LogP contribution in [0.15, 0.2) is 12.2 Å². The molecule has 0 unspecified atom stereocenters. The van der Waals surface area contributed by atoms with Crippen molar-refractivity contribution < 1.29 is 0 Å². The van der Waals surface area contributed by atoms with Gasteiger partial charge in [0, 0.05) is 0 Å². The minimum Gasteiger partial charge on any atom is -0.0885 e. The maximum absolute atomic E-state index is 3.88. The average molecular weight is 251 g/mol. The Morgan fingerprint density at radius 3 is 1.56 bits per heavy atom. The van der Waals surface area contributed by atoms with Gasteiger partial charge in [0.05, 0.1) is 0 Å². The zero-order valence-corrected chi connectivity index (χ0v) is 12.8. The molecule has 1 radical (unpaired) electrons. The van der Waals surface area contributed by atoms with E-state index >= 15 is 0 Å². The predicted molar refractivity (Wildman–Crippen MR) is 84.8 cm³/mol. The standard InChI is InChI=1S/C18H35/c1-3-5-7-9-11-13-15-17-18-16-14-12-10-8-6-4-2/h8,10H,1,3-7,9,11-18H2,2H3/b10-8+. The molecule has 0 aromatic heterocycles. The highest BCUT2D eigenvalue weighted by molar-refractivity contribution is 4.80. The lowest BCUT2D eigenvalue weighted by Crippen LogP contribution is -1.82. The van der Waals surface area contributed by atoms with Crippen molar-refractivity contribution in [3.63, 3.8) is 0 Å². The first kappa shape index (κ1) is 17.7. The Kier molecular flexibility index (Phi) is 16.5. The Morgan fingerprint density at radius 1 is 0.611 bits per heavy atom. The minimum absolute atomic E-state index is 1.12. The van der Waals surface area contributed by atoms with Crippen molar-refractivity contribution in [2.24, 2.45) is 0 Å². The third kappa shape index (κ3) is 15.7. The summed E-state index contributed by atoms with van der Waals surface area (Å²) in [5.41, 5.74) is 0. The summed E-state index contributed by atoms with van der Waals surface area (Å²) < 4.78 is 0. The largest absolute Gasteiger partial charge is 0.0885 e. The van der Waals surface area contributed by atoms with Gasteiger partial charge in [-0.2, -0.15) is 0 Å². The summed E-state index contributed by atoms with van der Waals surface area (Å²) in [6, 6.07) is 0. The highest BCUT2D eigenvalue weighted by Crippen LogP contribution is 2.12. The van der Waals surface area contributed by atoms with Crippen LogP contribution in [-0.4, -0.2) is 0 Å². The molecular formula is C18H35. The van der Waals surface area contributed by atoms with Crippen LogP contribution >= 0.6 is 0 Å². The molecule has 0 aliphatic carbocycles. The molecule has 0 fully saturated rings. The molecule has 0 aliphatic rings. The van der Waals surface area contributed by atoms with Gasteiger partial charge in [-0.15, -0.1) is 0 Å². The maximum atomic E-state index is 3.88. The molecular weight excluding hydrogens is 216 g/mol. The number of hydrogen-bond acceptors (Lipinski definition) is 0. The van der Waals surface area contributed by atoms with Gasteiger partial charge in [-0.3, -0.25) is 0 Å². The van der Waals surface area contributed by atoms with Crippen LogP contribution in [0.4, 0.5) is 0 Å². The number of rotatable bonds is 14. The van der Waals surface area contributed by atoms with Crippen LogP contribution in [0, 0.1) is 6.92 Å². The molecule has 0 saturated carbocycles. The molecule has 0 spiro atoms. The second kappa shape index (κ2) is 16.7. The van der Waals surface area contributed by atoms with Crippen molar-refractivity contribution in [3.05, 3.63) is 19.1 Å². The van der Waals surface area contributed by atoms with E-state index in [1.165, 1.54) is 83.5 Å². The smallest absolute Gasteiger partial charge is 0.0351 e. The number of hydrogen-bond donors (Lipinski definition) is 0. The van der Waals surface area contributed by atoms with E-state index in [-0.39, 0.29) is 0 Å². The van der Waals surface area contributed by atoms with Gasteiger partial charge in [0.15, 0.2) is 0 Å². The fourth-order valence-corrected chi connectivity index (χ4v) is 2.26. The van der Waals surface area contributed by atoms with Crippen molar-refractivity contribution in [3.8, 4) is 0 Å². The lowest BCUT2D eigenvalue weighted by molar-refractivity contribution is 0.553. The van der Waals surface area contributed by atoms with Crippen LogP contribution in [0.2, 0.25) is 0 Å². The van der Waals surface area contributed by atoms with Crippen LogP contribution in [0.3, 0.4) is 0 Å². The number of allylic oxidation sites excluding steroid dienone is 2. The lowest BCUT2D eigenvalue weighted by atomic mass is 10.1. The minimum atomic E-state index is 1.12. The van der Waals surface area contributed by atoms with Crippen LogP contribution in [0.1, 0.15) is 96.8 Å². The first-order chi connectivity index (χ1) is 8.91. The van der Waals surface area contributed by atoms with Gasteiger partial charge < -0.3 is 0 Å². The van der Waals surface area contributed by atoms with E-state index in [2.05, 4.69) is 26.0 Å². The van der Waals surface area contributed by atoms with Gasteiger partial charge >= 0.3 is 0 Å². The molecule has 0 amide bonds. The second-order valence-electron chi connectivity index (χ2n) is 5.44. The molecule has 0 nitrogen and oxygen atoms in total. The zero-order chi connectivity index (χ0) is 13.3. The molecule has 0 bridgehead atoms. The predicted octanol–water partition coefficient (Wildman–Crippen LogP) is 6.86. The summed E-state index contributed by atoms with van der Waals surface area (Å²) >= 11 is 0. The monoisotopic (exact) mass is 251 g/mol. The summed E-state index contributed by atoms with van der Waals surface area (Å²) in [4.78, 5) is 0. The molecule has 107 valence electrons. The third-order valence-electron chi connectivity index (χ3n) is 3.49. The van der Waals surface area contributed by atoms with Gasteiger partial charge in [0.1, 0.15) is 0 Å². The normalized spacial score (nSPS) is 11.4. The van der Waals surface area contributed by atoms with Crippen LogP contribution < -0.4 is 0 Å². The third-order valence-corrected chi connectivity index (χ3v) is 3.49. The van der Waals surface area contributed by atoms with Crippen LogP contribution in [0.25, 0.3) is 0 Å². The average Bonchev–Trinajstić information content (AvgIpc) is 2.39. The van der Waals surface area contributed by atoms with Gasteiger partial charge in [0.2, 0.25) is 0 Å². The van der Waals surface area contributed by atoms with E-state index < -0.39 is 0 Å². The summed E-state index contributed by atoms with van der Waals surface area (Å²) in [5.74, 6) is 0. The first-order valence-electron chi connectivity index (χ1n) is 8.36. The van der Waals surface area contributed by atoms with Crippen molar-refractivity contribution >= 4 is 0 Å². The van der Waals surface area contributed by atoms with E-state index in [0.717, 1.165) is 6.42 Å². The highest BCUT2D eigenvalue weighted by Gasteiger charge is 1.92. The number of unbranched alkanes of at least 4 members (excludes halogenated alkanes) is 12. The molecule has 0 atom stereocenters. The first-order valence-corrected chi connectivity index (χ1v) is 8.36. The van der Waals surface area contributed by atoms with Gasteiger partial charge in [-0.25, -0.2) is 0 Å². The van der Waals surface area contributed by atoms with Gasteiger partial charge in [0.25, 0.3) is 0 Å². The molecule has 0 aliphatic heterocycles. The maximum Gasteiger partial charge on any atom is -0.0351 e. The van der Waals surface area contributed by atoms with E-state index in [4.69, 9.17) is 0 Å². The Balaban J connectivity index is 2.94. The molecule has 0 aromatic rings. The summed E-state index contributed by atoms with van der Waals surface area (Å²) in [6.07, 6.45) is 23.9. The topological polar surface area (TPSA) is 0 Å². The van der Waals surface area contributed by atoms with Crippen molar-refractivity contribution in [1.29, 1.82) is 0 Å². The Labute approximate surface area is 116 Å². The van der Waals surface area contributed by atoms with Gasteiger partial charge in [-0.05, 0) is 19.3 Å². The van der Waals surface area contributed by atoms with Crippen LogP contribution in [-0.2, 0) is 0 Å². The summed E-state index contributed by atoms with van der Waals surface area (Å²) in [7, 11) is 0. The zero-order valence-electron chi connectivity index (χ0n) is 12.8. The van der Waals surface area contributed by atoms with Crippen molar-refractivity contribution in [2.75, 3.05) is 0 Å². The Bertz CT molecular complexity index is 157. The van der Waals surface area contributed by atoms with E-state index in [0.29, 0.717) is 0 Å². The Morgan fingerprint density at radius 2 is 1.06 bits per heavy atom. The SMILES string of the molecule is [CH2]CCCCCCCCCCCC/C=C/CCC. The highest BCUT2D eigenvalue weighted by atomic mass is 14.0.